The number of carbonyl (C=O) groups excluding carboxylic acids is 2. The number of sulfonamides is 1. The number of amides is 2. The Labute approximate surface area is 214 Å². The van der Waals surface area contributed by atoms with E-state index in [2.05, 4.69) is 20.9 Å². The maximum absolute atomic E-state index is 13.0. The molecule has 0 spiro atoms. The van der Waals surface area contributed by atoms with Crippen molar-refractivity contribution in [2.45, 2.75) is 0 Å². The van der Waals surface area contributed by atoms with Gasteiger partial charge in [-0.25, -0.2) is 8.42 Å². The smallest absolute Gasteiger partial charge is 0.257 e. The van der Waals surface area contributed by atoms with Crippen LogP contribution in [0.5, 0.6) is 0 Å². The van der Waals surface area contributed by atoms with Crippen LogP contribution in [0.4, 0.5) is 28.4 Å². The summed E-state index contributed by atoms with van der Waals surface area (Å²) in [4.78, 5) is 29.5. The molecule has 3 aromatic carbocycles. The summed E-state index contributed by atoms with van der Waals surface area (Å²) < 4.78 is 25.6. The van der Waals surface area contributed by atoms with Crippen molar-refractivity contribution in [3.63, 3.8) is 0 Å². The molecular formula is C27H23N5O4S. The van der Waals surface area contributed by atoms with E-state index in [1.165, 1.54) is 17.5 Å². The third-order valence-electron chi connectivity index (χ3n) is 6.03. The van der Waals surface area contributed by atoms with Crippen molar-refractivity contribution in [3.05, 3.63) is 96.3 Å². The predicted octanol–water partition coefficient (Wildman–Crippen LogP) is 4.71. The minimum atomic E-state index is -3.47. The molecule has 0 atom stereocenters. The summed E-state index contributed by atoms with van der Waals surface area (Å²) in [5, 5.41) is 9.00. The molecular weight excluding hydrogens is 490 g/mol. The number of fused-ring (bicyclic) bond motifs is 2. The molecule has 2 amide bonds. The second kappa shape index (κ2) is 9.40. The first-order valence-corrected chi connectivity index (χ1v) is 13.2. The number of para-hydroxylation sites is 1. The molecule has 1 aliphatic heterocycles. The molecule has 0 saturated carbocycles. The zero-order valence-electron chi connectivity index (χ0n) is 20.0. The van der Waals surface area contributed by atoms with E-state index in [4.69, 9.17) is 0 Å². The molecule has 3 N–H and O–H groups in total. The Kier molecular flexibility index (Phi) is 6.10. The molecule has 0 fully saturated rings. The molecule has 1 aliphatic rings. The molecule has 2 heterocycles. The molecule has 0 radical (unpaired) electrons. The summed E-state index contributed by atoms with van der Waals surface area (Å²) in [5.74, 6) is -0.628. The quantitative estimate of drug-likeness (QED) is 0.356. The number of nitrogens with zero attached hydrogens (tertiary/aromatic N) is 2. The lowest BCUT2D eigenvalue weighted by atomic mass is 10.0. The Balaban J connectivity index is 1.47. The summed E-state index contributed by atoms with van der Waals surface area (Å²) in [6.07, 6.45) is 4.21. The molecule has 5 rings (SSSR count). The molecule has 1 aromatic heterocycles. The maximum Gasteiger partial charge on any atom is 0.257 e. The Morgan fingerprint density at radius 3 is 2.46 bits per heavy atom. The first kappa shape index (κ1) is 24.0. The summed E-state index contributed by atoms with van der Waals surface area (Å²) >= 11 is 0. The van der Waals surface area contributed by atoms with Crippen molar-refractivity contribution in [3.8, 4) is 11.1 Å². The van der Waals surface area contributed by atoms with Crippen molar-refractivity contribution in [2.24, 2.45) is 0 Å². The van der Waals surface area contributed by atoms with E-state index in [0.29, 0.717) is 45.1 Å². The van der Waals surface area contributed by atoms with Gasteiger partial charge < -0.3 is 16.0 Å². The lowest BCUT2D eigenvalue weighted by molar-refractivity contribution is 0.102. The minimum absolute atomic E-state index is 0.313. The molecule has 0 saturated heterocycles. The van der Waals surface area contributed by atoms with Crippen LogP contribution in [0.25, 0.3) is 11.1 Å². The normalized spacial score (nSPS) is 12.3. The highest BCUT2D eigenvalue weighted by molar-refractivity contribution is 7.92. The van der Waals surface area contributed by atoms with Gasteiger partial charge in [0.1, 0.15) is 0 Å². The van der Waals surface area contributed by atoms with Gasteiger partial charge in [0.25, 0.3) is 11.8 Å². The second-order valence-corrected chi connectivity index (χ2v) is 10.6. The van der Waals surface area contributed by atoms with Crippen molar-refractivity contribution >= 4 is 50.3 Å². The van der Waals surface area contributed by atoms with Crippen LogP contribution in [0.15, 0.2) is 85.2 Å². The number of aromatic nitrogens is 1. The third kappa shape index (κ3) is 4.87. The maximum atomic E-state index is 13.0. The Hall–Kier alpha value is -4.70. The van der Waals surface area contributed by atoms with E-state index < -0.39 is 10.0 Å². The molecule has 4 aromatic rings. The van der Waals surface area contributed by atoms with Crippen molar-refractivity contribution in [1.82, 2.24) is 4.98 Å². The summed E-state index contributed by atoms with van der Waals surface area (Å²) in [6.45, 7) is 0. The van der Waals surface area contributed by atoms with Gasteiger partial charge in [-0.15, -0.1) is 0 Å². The van der Waals surface area contributed by atoms with Crippen molar-refractivity contribution in [2.75, 3.05) is 33.6 Å². The first-order valence-electron chi connectivity index (χ1n) is 11.3. The summed E-state index contributed by atoms with van der Waals surface area (Å²) in [5.41, 5.74) is 5.05. The molecule has 186 valence electrons. The van der Waals surface area contributed by atoms with E-state index in [0.717, 1.165) is 11.8 Å². The highest BCUT2D eigenvalue weighted by Crippen LogP contribution is 2.38. The average Bonchev–Trinajstić information content (AvgIpc) is 3.03. The van der Waals surface area contributed by atoms with Crippen molar-refractivity contribution in [1.29, 1.82) is 0 Å². The van der Waals surface area contributed by atoms with E-state index in [1.807, 2.05) is 18.2 Å². The van der Waals surface area contributed by atoms with Crippen LogP contribution < -0.4 is 20.3 Å². The number of hydrogen-bond acceptors (Lipinski definition) is 6. The number of nitrogens with one attached hydrogen (secondary N) is 3. The topological polar surface area (TPSA) is 120 Å². The van der Waals surface area contributed by atoms with Gasteiger partial charge in [-0.2, -0.15) is 0 Å². The van der Waals surface area contributed by atoms with Gasteiger partial charge >= 0.3 is 0 Å². The number of carbonyl (C=O) groups is 2. The van der Waals surface area contributed by atoms with Gasteiger partial charge in [0.2, 0.25) is 10.0 Å². The number of hydrogen-bond donors (Lipinski definition) is 3. The van der Waals surface area contributed by atoms with Crippen LogP contribution in [0.2, 0.25) is 0 Å². The molecule has 37 heavy (non-hydrogen) atoms. The summed E-state index contributed by atoms with van der Waals surface area (Å²) in [6, 6.07) is 21.0. The number of pyridine rings is 1. The fourth-order valence-electron chi connectivity index (χ4n) is 4.05. The van der Waals surface area contributed by atoms with Crippen LogP contribution in [0.1, 0.15) is 20.7 Å². The SMILES string of the molecule is CN(c1ccccc1-c1ccc2c(c1)Nc1ccc(NC(=O)c3cccnc3)cc1NC2=O)S(C)(=O)=O. The van der Waals surface area contributed by atoms with E-state index >= 15 is 0 Å². The second-order valence-electron chi connectivity index (χ2n) is 8.54. The molecule has 10 heteroatoms. The number of anilines is 5. The monoisotopic (exact) mass is 513 g/mol. The molecule has 0 bridgehead atoms. The van der Waals surface area contributed by atoms with Crippen LogP contribution in [-0.2, 0) is 10.0 Å². The molecule has 0 unspecified atom stereocenters. The van der Waals surface area contributed by atoms with E-state index in [1.54, 1.807) is 60.8 Å². The minimum Gasteiger partial charge on any atom is -0.353 e. The summed E-state index contributed by atoms with van der Waals surface area (Å²) in [7, 11) is -1.96. The average molecular weight is 514 g/mol. The van der Waals surface area contributed by atoms with Crippen LogP contribution in [0, 0.1) is 0 Å². The highest BCUT2D eigenvalue weighted by atomic mass is 32.2. The van der Waals surface area contributed by atoms with E-state index in [-0.39, 0.29) is 11.8 Å². The lowest BCUT2D eigenvalue weighted by Crippen LogP contribution is -2.25. The molecule has 0 aliphatic carbocycles. The first-order chi connectivity index (χ1) is 17.7. The lowest BCUT2D eigenvalue weighted by Gasteiger charge is -2.21. The predicted molar refractivity (Wildman–Crippen MR) is 145 cm³/mol. The van der Waals surface area contributed by atoms with Gasteiger partial charge in [-0.3, -0.25) is 18.9 Å². The van der Waals surface area contributed by atoms with Crippen LogP contribution in [-0.4, -0.2) is 38.5 Å². The standard InChI is InChI=1S/C27H23N5O4S/c1-32(37(2,35)36)25-8-4-3-7-20(25)17-9-11-21-23(14-17)30-22-12-10-19(15-24(22)31-27(21)34)29-26(33)18-6-5-13-28-16-18/h3-16,30H,1-2H3,(H,29,33)(H,31,34). The zero-order valence-corrected chi connectivity index (χ0v) is 20.8. The number of rotatable bonds is 5. The Morgan fingerprint density at radius 1 is 0.892 bits per heavy atom. The molecule has 9 nitrogen and oxygen atoms in total. The van der Waals surface area contributed by atoms with Crippen LogP contribution in [0.3, 0.4) is 0 Å². The van der Waals surface area contributed by atoms with Gasteiger partial charge in [-0.1, -0.05) is 24.3 Å². The van der Waals surface area contributed by atoms with Crippen LogP contribution >= 0.6 is 0 Å². The fourth-order valence-corrected chi connectivity index (χ4v) is 4.57. The highest BCUT2D eigenvalue weighted by Gasteiger charge is 2.22. The van der Waals surface area contributed by atoms with Crippen molar-refractivity contribution < 1.29 is 18.0 Å². The van der Waals surface area contributed by atoms with Gasteiger partial charge in [-0.05, 0) is 54.1 Å². The van der Waals surface area contributed by atoms with Gasteiger partial charge in [0, 0.05) is 30.7 Å². The largest absolute Gasteiger partial charge is 0.353 e. The fraction of sp³-hybridized carbons (Fsp3) is 0.0741. The Bertz CT molecular complexity index is 1640. The van der Waals surface area contributed by atoms with E-state index in [9.17, 15) is 18.0 Å². The van der Waals surface area contributed by atoms with Gasteiger partial charge in [0.15, 0.2) is 0 Å². The third-order valence-corrected chi connectivity index (χ3v) is 7.23. The number of benzene rings is 3. The Morgan fingerprint density at radius 2 is 1.70 bits per heavy atom. The zero-order chi connectivity index (χ0) is 26.2. The van der Waals surface area contributed by atoms with Gasteiger partial charge in [0.05, 0.1) is 40.1 Å².